The lowest BCUT2D eigenvalue weighted by atomic mass is 10.0. The Morgan fingerprint density at radius 1 is 1.20 bits per heavy atom. The van der Waals surface area contributed by atoms with Crippen molar-refractivity contribution in [1.82, 2.24) is 0 Å². The summed E-state index contributed by atoms with van der Waals surface area (Å²) >= 11 is 1.26. The van der Waals surface area contributed by atoms with Gasteiger partial charge in [-0.3, -0.25) is 4.79 Å². The van der Waals surface area contributed by atoms with Crippen LogP contribution in [-0.2, 0) is 11.2 Å². The molecule has 6 heteroatoms. The van der Waals surface area contributed by atoms with Crippen LogP contribution in [0, 0.1) is 0 Å². The van der Waals surface area contributed by atoms with Crippen LogP contribution >= 0.6 is 11.3 Å². The van der Waals surface area contributed by atoms with Gasteiger partial charge in [-0.05, 0) is 66.8 Å². The summed E-state index contributed by atoms with van der Waals surface area (Å²) in [5.41, 5.74) is 2.66. The van der Waals surface area contributed by atoms with Gasteiger partial charge in [0.15, 0.2) is 0 Å². The fraction of sp³-hybridized carbons (Fsp3) is 0.500. The second-order valence-electron chi connectivity index (χ2n) is 8.03. The van der Waals surface area contributed by atoms with E-state index in [1.165, 1.54) is 11.3 Å². The zero-order valence-corrected chi connectivity index (χ0v) is 18.4. The molecule has 0 unspecified atom stereocenters. The third kappa shape index (κ3) is 5.49. The zero-order chi connectivity index (χ0) is 21.5. The maximum Gasteiger partial charge on any atom is 0.346 e. The number of aryl methyl sites for hydroxylation is 1. The third-order valence-corrected chi connectivity index (χ3v) is 6.83. The number of unbranched alkanes of at least 4 members (excludes halogenated alkanes) is 2. The monoisotopic (exact) mass is 429 g/mol. The van der Waals surface area contributed by atoms with Crippen LogP contribution in [0.1, 0.15) is 85.2 Å². The lowest BCUT2D eigenvalue weighted by molar-refractivity contribution is -0.117. The second kappa shape index (κ2) is 10.7. The van der Waals surface area contributed by atoms with Crippen LogP contribution in [0.5, 0.6) is 0 Å². The predicted octanol–water partition coefficient (Wildman–Crippen LogP) is 5.58. The van der Waals surface area contributed by atoms with Gasteiger partial charge in [0.25, 0.3) is 0 Å². The Balaban J connectivity index is 1.59. The molecule has 1 saturated heterocycles. The molecule has 1 fully saturated rings. The number of nitrogens with zero attached hydrogens (tertiary/aromatic N) is 1. The number of aliphatic hydroxyl groups is 1. The number of rotatable bonds is 11. The van der Waals surface area contributed by atoms with Crippen LogP contribution < -0.4 is 4.90 Å². The molecule has 0 bridgehead atoms. The van der Waals surface area contributed by atoms with Gasteiger partial charge in [0.1, 0.15) is 4.88 Å². The van der Waals surface area contributed by atoms with Gasteiger partial charge >= 0.3 is 5.97 Å². The maximum atomic E-state index is 12.5. The number of hydrogen-bond acceptors (Lipinski definition) is 4. The van der Waals surface area contributed by atoms with Crippen LogP contribution in [-0.4, -0.2) is 28.1 Å². The number of amides is 1. The van der Waals surface area contributed by atoms with Gasteiger partial charge in [0.05, 0.1) is 6.10 Å². The molecule has 2 heterocycles. The van der Waals surface area contributed by atoms with Crippen molar-refractivity contribution in [3.05, 3.63) is 51.7 Å². The Kier molecular flexibility index (Phi) is 8.05. The fourth-order valence-corrected chi connectivity index (χ4v) is 5.02. The highest BCUT2D eigenvalue weighted by atomic mass is 32.1. The lowest BCUT2D eigenvalue weighted by Gasteiger charge is -2.25. The van der Waals surface area contributed by atoms with Gasteiger partial charge in [0.2, 0.25) is 5.91 Å². The standard InChI is InChI=1S/C24H31NO4S/c1-2-3-4-8-21(26)17-9-11-20(12-10-17)25-19(13-14-22(25)27)7-5-6-18-15-16-30-23(18)24(28)29/h9-12,15-16,19,21,26H,2-8,13-14H2,1H3,(H,28,29)/t19-,21-/m0/s1. The third-order valence-electron chi connectivity index (χ3n) is 5.89. The van der Waals surface area contributed by atoms with Gasteiger partial charge in [-0.2, -0.15) is 0 Å². The number of aliphatic hydroxyl groups excluding tert-OH is 1. The number of carbonyl (C=O) groups excluding carboxylic acids is 1. The molecule has 0 saturated carbocycles. The normalized spacial score (nSPS) is 17.5. The van der Waals surface area contributed by atoms with Crippen molar-refractivity contribution in [2.75, 3.05) is 4.90 Å². The molecular formula is C24H31NO4S. The quantitative estimate of drug-likeness (QED) is 0.457. The molecule has 1 aromatic heterocycles. The zero-order valence-electron chi connectivity index (χ0n) is 17.5. The number of hydrogen-bond donors (Lipinski definition) is 2. The molecule has 1 aromatic carbocycles. The highest BCUT2D eigenvalue weighted by Crippen LogP contribution is 2.31. The minimum atomic E-state index is -0.866. The molecule has 162 valence electrons. The number of anilines is 1. The lowest BCUT2D eigenvalue weighted by Crippen LogP contribution is -2.32. The smallest absolute Gasteiger partial charge is 0.346 e. The minimum absolute atomic E-state index is 0.137. The minimum Gasteiger partial charge on any atom is -0.477 e. The first-order chi connectivity index (χ1) is 14.5. The summed E-state index contributed by atoms with van der Waals surface area (Å²) in [6, 6.07) is 9.77. The molecule has 3 rings (SSSR count). The SMILES string of the molecule is CCCCC[C@H](O)c1ccc(N2C(=O)CC[C@@H]2CCCc2ccsc2C(=O)O)cc1. The highest BCUT2D eigenvalue weighted by molar-refractivity contribution is 7.12. The predicted molar refractivity (Wildman–Crippen MR) is 120 cm³/mol. The number of carboxylic acids is 1. The molecule has 0 spiro atoms. The Morgan fingerprint density at radius 2 is 1.97 bits per heavy atom. The molecule has 2 atom stereocenters. The molecule has 2 N–H and O–H groups in total. The van der Waals surface area contributed by atoms with Crippen molar-refractivity contribution in [1.29, 1.82) is 0 Å². The summed E-state index contributed by atoms with van der Waals surface area (Å²) in [6.07, 6.45) is 7.37. The van der Waals surface area contributed by atoms with E-state index in [9.17, 15) is 19.8 Å². The van der Waals surface area contributed by atoms with E-state index in [0.29, 0.717) is 17.7 Å². The Morgan fingerprint density at radius 3 is 2.67 bits per heavy atom. The van der Waals surface area contributed by atoms with Gasteiger partial charge < -0.3 is 15.1 Å². The van der Waals surface area contributed by atoms with E-state index in [-0.39, 0.29) is 11.9 Å². The number of aromatic carboxylic acids is 1. The van der Waals surface area contributed by atoms with E-state index in [1.807, 2.05) is 40.6 Å². The van der Waals surface area contributed by atoms with Gasteiger partial charge in [0, 0.05) is 18.2 Å². The average molecular weight is 430 g/mol. The van der Waals surface area contributed by atoms with E-state index >= 15 is 0 Å². The molecule has 0 radical (unpaired) electrons. The highest BCUT2D eigenvalue weighted by Gasteiger charge is 2.31. The molecule has 1 amide bonds. The Labute approximate surface area is 182 Å². The molecule has 2 aromatic rings. The van der Waals surface area contributed by atoms with Crippen LogP contribution in [0.15, 0.2) is 35.7 Å². The van der Waals surface area contributed by atoms with E-state index in [2.05, 4.69) is 6.92 Å². The molecular weight excluding hydrogens is 398 g/mol. The van der Waals surface area contributed by atoms with Gasteiger partial charge in [-0.15, -0.1) is 11.3 Å². The van der Waals surface area contributed by atoms with Crippen molar-refractivity contribution in [3.63, 3.8) is 0 Å². The van der Waals surface area contributed by atoms with Crippen molar-refractivity contribution in [2.24, 2.45) is 0 Å². The average Bonchev–Trinajstić information content (AvgIpc) is 3.35. The van der Waals surface area contributed by atoms with E-state index in [4.69, 9.17) is 0 Å². The summed E-state index contributed by atoms with van der Waals surface area (Å²) in [5, 5.41) is 21.4. The topological polar surface area (TPSA) is 77.8 Å². The van der Waals surface area contributed by atoms with Crippen LogP contribution in [0.3, 0.4) is 0 Å². The van der Waals surface area contributed by atoms with Gasteiger partial charge in [-0.25, -0.2) is 4.79 Å². The van der Waals surface area contributed by atoms with Crippen molar-refractivity contribution >= 4 is 28.9 Å². The van der Waals surface area contributed by atoms with Crippen molar-refractivity contribution in [2.45, 2.75) is 76.9 Å². The largest absolute Gasteiger partial charge is 0.477 e. The number of carboxylic acid groups (broad SMARTS) is 1. The number of carbonyl (C=O) groups is 2. The summed E-state index contributed by atoms with van der Waals surface area (Å²) < 4.78 is 0. The van der Waals surface area contributed by atoms with E-state index in [1.54, 1.807) is 0 Å². The number of benzene rings is 1. The van der Waals surface area contributed by atoms with Crippen molar-refractivity contribution < 1.29 is 19.8 Å². The molecule has 1 aliphatic heterocycles. The first kappa shape index (κ1) is 22.5. The van der Waals surface area contributed by atoms with Crippen molar-refractivity contribution in [3.8, 4) is 0 Å². The van der Waals surface area contributed by atoms with Crippen LogP contribution in [0.2, 0.25) is 0 Å². The molecule has 1 aliphatic rings. The summed E-state index contributed by atoms with van der Waals surface area (Å²) in [7, 11) is 0. The first-order valence-electron chi connectivity index (χ1n) is 10.9. The molecule has 30 heavy (non-hydrogen) atoms. The Bertz CT molecular complexity index is 845. The van der Waals surface area contributed by atoms with Crippen LogP contribution in [0.4, 0.5) is 5.69 Å². The van der Waals surface area contributed by atoms with Crippen LogP contribution in [0.25, 0.3) is 0 Å². The number of thiophene rings is 1. The summed E-state index contributed by atoms with van der Waals surface area (Å²) in [5.74, 6) is -0.729. The second-order valence-corrected chi connectivity index (χ2v) is 8.95. The fourth-order valence-electron chi connectivity index (χ4n) is 4.23. The van der Waals surface area contributed by atoms with E-state index < -0.39 is 12.1 Å². The Hall–Kier alpha value is -2.18. The summed E-state index contributed by atoms with van der Waals surface area (Å²) in [4.78, 5) is 26.1. The molecule has 5 nitrogen and oxygen atoms in total. The van der Waals surface area contributed by atoms with Gasteiger partial charge in [-0.1, -0.05) is 38.3 Å². The maximum absolute atomic E-state index is 12.5. The summed E-state index contributed by atoms with van der Waals surface area (Å²) in [6.45, 7) is 2.15. The van der Waals surface area contributed by atoms with E-state index in [0.717, 1.165) is 61.8 Å². The molecule has 0 aliphatic carbocycles. The first-order valence-corrected chi connectivity index (χ1v) is 11.8.